The van der Waals surface area contributed by atoms with Gasteiger partial charge >= 0.3 is 0 Å². The van der Waals surface area contributed by atoms with Gasteiger partial charge in [0.2, 0.25) is 0 Å². The lowest BCUT2D eigenvalue weighted by Crippen LogP contribution is -2.27. The minimum Gasteiger partial charge on any atom is -0.367 e. The Labute approximate surface area is 122 Å². The van der Waals surface area contributed by atoms with E-state index < -0.39 is 0 Å². The van der Waals surface area contributed by atoms with Crippen LogP contribution in [0.5, 0.6) is 0 Å². The molecule has 0 bridgehead atoms. The van der Waals surface area contributed by atoms with E-state index in [1.165, 1.54) is 10.2 Å². The molecule has 1 N–H and O–H groups in total. The van der Waals surface area contributed by atoms with Gasteiger partial charge in [0.1, 0.15) is 5.82 Å². The molecule has 0 spiro atoms. The molecule has 1 atom stereocenters. The van der Waals surface area contributed by atoms with E-state index in [2.05, 4.69) is 69.2 Å². The lowest BCUT2D eigenvalue weighted by Gasteiger charge is -2.25. The van der Waals surface area contributed by atoms with Crippen molar-refractivity contribution in [3.63, 3.8) is 0 Å². The average molecular weight is 283 g/mol. The van der Waals surface area contributed by atoms with Crippen LogP contribution >= 0.6 is 0 Å². The molecule has 0 unspecified atom stereocenters. The number of fused-ring (bicyclic) bond motifs is 1. The molecule has 7 nitrogen and oxygen atoms in total. The fourth-order valence-electron chi connectivity index (χ4n) is 2.22. The van der Waals surface area contributed by atoms with Gasteiger partial charge in [-0.1, -0.05) is 30.3 Å². The zero-order chi connectivity index (χ0) is 14.7. The number of aromatic nitrogens is 5. The van der Waals surface area contributed by atoms with Gasteiger partial charge in [0, 0.05) is 6.54 Å². The highest BCUT2D eigenvalue weighted by atomic mass is 15.6. The van der Waals surface area contributed by atoms with Crippen LogP contribution in [0.15, 0.2) is 42.5 Å². The summed E-state index contributed by atoms with van der Waals surface area (Å²) in [6.07, 6.45) is 0. The molecular formula is C14H17N7. The Bertz CT molecular complexity index is 707. The SMILES string of the molecule is CN(C)[C@@H](CNc1ccc2nnnn2n1)c1ccccc1. The number of benzene rings is 1. The van der Waals surface area contributed by atoms with Gasteiger partial charge in [0.05, 0.1) is 6.04 Å². The van der Waals surface area contributed by atoms with Crippen LogP contribution in [0, 0.1) is 0 Å². The van der Waals surface area contributed by atoms with E-state index in [0.717, 1.165) is 12.4 Å². The molecule has 2 aromatic heterocycles. The maximum Gasteiger partial charge on any atom is 0.200 e. The quantitative estimate of drug-likeness (QED) is 0.759. The van der Waals surface area contributed by atoms with Gasteiger partial charge in [-0.2, -0.15) is 0 Å². The second-order valence-electron chi connectivity index (χ2n) is 5.02. The van der Waals surface area contributed by atoms with Crippen LogP contribution in [-0.4, -0.2) is 50.8 Å². The van der Waals surface area contributed by atoms with Crippen LogP contribution < -0.4 is 5.32 Å². The van der Waals surface area contributed by atoms with Gasteiger partial charge in [-0.15, -0.1) is 14.8 Å². The molecule has 0 radical (unpaired) electrons. The van der Waals surface area contributed by atoms with Crippen molar-refractivity contribution in [2.45, 2.75) is 6.04 Å². The molecule has 7 heteroatoms. The van der Waals surface area contributed by atoms with Crippen molar-refractivity contribution in [2.24, 2.45) is 0 Å². The van der Waals surface area contributed by atoms with Crippen molar-refractivity contribution < 1.29 is 0 Å². The largest absolute Gasteiger partial charge is 0.367 e. The number of anilines is 1. The van der Waals surface area contributed by atoms with Crippen LogP contribution in [0.2, 0.25) is 0 Å². The molecule has 1 aromatic carbocycles. The third-order valence-electron chi connectivity index (χ3n) is 3.35. The fourth-order valence-corrected chi connectivity index (χ4v) is 2.22. The Morgan fingerprint density at radius 1 is 1.14 bits per heavy atom. The number of tetrazole rings is 1. The molecule has 2 heterocycles. The van der Waals surface area contributed by atoms with Gasteiger partial charge in [-0.05, 0) is 42.2 Å². The Morgan fingerprint density at radius 3 is 2.71 bits per heavy atom. The van der Waals surface area contributed by atoms with E-state index >= 15 is 0 Å². The predicted molar refractivity (Wildman–Crippen MR) is 79.9 cm³/mol. The number of nitrogens with zero attached hydrogens (tertiary/aromatic N) is 6. The summed E-state index contributed by atoms with van der Waals surface area (Å²) < 4.78 is 1.41. The van der Waals surface area contributed by atoms with Crippen molar-refractivity contribution in [1.29, 1.82) is 0 Å². The van der Waals surface area contributed by atoms with Crippen LogP contribution in [0.25, 0.3) is 5.65 Å². The van der Waals surface area contributed by atoms with Gasteiger partial charge in [-0.3, -0.25) is 0 Å². The molecule has 0 aliphatic heterocycles. The Hall–Kier alpha value is -2.54. The molecule has 21 heavy (non-hydrogen) atoms. The van der Waals surface area contributed by atoms with Gasteiger partial charge < -0.3 is 10.2 Å². The summed E-state index contributed by atoms with van der Waals surface area (Å²) in [5.41, 5.74) is 1.89. The highest BCUT2D eigenvalue weighted by molar-refractivity contribution is 5.42. The highest BCUT2D eigenvalue weighted by Gasteiger charge is 2.13. The monoisotopic (exact) mass is 283 g/mol. The number of hydrogen-bond acceptors (Lipinski definition) is 6. The summed E-state index contributed by atoms with van der Waals surface area (Å²) in [5.74, 6) is 0.748. The molecule has 0 saturated heterocycles. The lowest BCUT2D eigenvalue weighted by molar-refractivity contribution is 0.311. The molecule has 108 valence electrons. The van der Waals surface area contributed by atoms with Gasteiger partial charge in [0.25, 0.3) is 0 Å². The first-order chi connectivity index (χ1) is 10.2. The maximum absolute atomic E-state index is 4.31. The molecule has 0 fully saturated rings. The molecule has 3 rings (SSSR count). The minimum absolute atomic E-state index is 0.262. The van der Waals surface area contributed by atoms with Crippen molar-refractivity contribution in [1.82, 2.24) is 30.2 Å². The highest BCUT2D eigenvalue weighted by Crippen LogP contribution is 2.18. The first kappa shape index (κ1) is 13.4. The fraction of sp³-hybridized carbons (Fsp3) is 0.286. The van der Waals surface area contributed by atoms with E-state index in [9.17, 15) is 0 Å². The Kier molecular flexibility index (Phi) is 3.74. The zero-order valence-electron chi connectivity index (χ0n) is 12.0. The summed E-state index contributed by atoms with van der Waals surface area (Å²) in [4.78, 5) is 2.18. The topological polar surface area (TPSA) is 71.2 Å². The molecule has 3 aromatic rings. The zero-order valence-corrected chi connectivity index (χ0v) is 12.0. The van der Waals surface area contributed by atoms with E-state index in [0.29, 0.717) is 5.65 Å². The van der Waals surface area contributed by atoms with E-state index in [1.54, 1.807) is 0 Å². The first-order valence-corrected chi connectivity index (χ1v) is 6.75. The third-order valence-corrected chi connectivity index (χ3v) is 3.35. The number of rotatable bonds is 5. The van der Waals surface area contributed by atoms with Crippen LogP contribution in [0.3, 0.4) is 0 Å². The van der Waals surface area contributed by atoms with Crippen molar-refractivity contribution in [3.05, 3.63) is 48.0 Å². The number of nitrogens with one attached hydrogen (secondary N) is 1. The Balaban J connectivity index is 1.74. The van der Waals surface area contributed by atoms with Gasteiger partial charge in [-0.25, -0.2) is 0 Å². The summed E-state index contributed by atoms with van der Waals surface area (Å²) in [5, 5.41) is 18.9. The van der Waals surface area contributed by atoms with Crippen LogP contribution in [-0.2, 0) is 0 Å². The maximum atomic E-state index is 4.31. The minimum atomic E-state index is 0.262. The molecular weight excluding hydrogens is 266 g/mol. The van der Waals surface area contributed by atoms with Crippen LogP contribution in [0.1, 0.15) is 11.6 Å². The summed E-state index contributed by atoms with van der Waals surface area (Å²) in [6.45, 7) is 0.748. The average Bonchev–Trinajstić information content (AvgIpc) is 2.96. The van der Waals surface area contributed by atoms with Crippen molar-refractivity contribution >= 4 is 11.5 Å². The van der Waals surface area contributed by atoms with E-state index in [4.69, 9.17) is 0 Å². The lowest BCUT2D eigenvalue weighted by atomic mass is 10.1. The van der Waals surface area contributed by atoms with Crippen molar-refractivity contribution in [3.8, 4) is 0 Å². The molecule has 0 aliphatic rings. The van der Waals surface area contributed by atoms with E-state index in [1.807, 2.05) is 18.2 Å². The molecule has 0 saturated carbocycles. The van der Waals surface area contributed by atoms with Crippen molar-refractivity contribution in [2.75, 3.05) is 26.0 Å². The number of hydrogen-bond donors (Lipinski definition) is 1. The molecule has 0 aliphatic carbocycles. The van der Waals surface area contributed by atoms with Crippen LogP contribution in [0.4, 0.5) is 5.82 Å². The standard InChI is InChI=1S/C14H17N7/c1-20(2)12(11-6-4-3-5-7-11)10-15-13-8-9-14-16-18-19-21(14)17-13/h3-9,12H,10H2,1-2H3,(H,15,17)/t12-/m0/s1. The number of likely N-dealkylation sites (N-methyl/N-ethyl adjacent to an activating group) is 1. The second kappa shape index (κ2) is 5.84. The second-order valence-corrected chi connectivity index (χ2v) is 5.02. The summed E-state index contributed by atoms with van der Waals surface area (Å²) >= 11 is 0. The molecule has 0 amide bonds. The van der Waals surface area contributed by atoms with Gasteiger partial charge in [0.15, 0.2) is 5.65 Å². The summed E-state index contributed by atoms with van der Waals surface area (Å²) in [7, 11) is 4.13. The smallest absolute Gasteiger partial charge is 0.200 e. The van der Waals surface area contributed by atoms with E-state index in [-0.39, 0.29) is 6.04 Å². The first-order valence-electron chi connectivity index (χ1n) is 6.75. The normalized spacial score (nSPS) is 12.7. The predicted octanol–water partition coefficient (Wildman–Crippen LogP) is 1.23. The third kappa shape index (κ3) is 2.97. The summed E-state index contributed by atoms with van der Waals surface area (Å²) in [6, 6.07) is 14.4. The Morgan fingerprint density at radius 2 is 1.95 bits per heavy atom.